The van der Waals surface area contributed by atoms with E-state index < -0.39 is 0 Å². The number of nitrogens with zero attached hydrogens (tertiary/aromatic N) is 8. The predicted molar refractivity (Wildman–Crippen MR) is 496 cm³/mol. The zero-order valence-electron chi connectivity index (χ0n) is 80.5. The molecule has 2 heterocycles. The minimum Gasteiger partial charge on any atom is -0.601 e. The molecule has 0 aliphatic heterocycles. The van der Waals surface area contributed by atoms with Crippen molar-refractivity contribution in [2.75, 3.05) is 0 Å². The fourth-order valence-electron chi connectivity index (χ4n) is 4.36. The van der Waals surface area contributed by atoms with Gasteiger partial charge in [-0.15, -0.1) is 35.6 Å². The van der Waals surface area contributed by atoms with Crippen molar-refractivity contribution >= 4 is 61.6 Å². The largest absolute Gasteiger partial charge is 2.00 e. The number of pyridine rings is 2. The van der Waals surface area contributed by atoms with E-state index in [1.54, 1.807) is 24.5 Å². The van der Waals surface area contributed by atoms with Crippen molar-refractivity contribution in [3.8, 4) is 0 Å². The first-order valence-corrected chi connectivity index (χ1v) is 39.5. The Morgan fingerprint density at radius 2 is 0.778 bits per heavy atom. The van der Waals surface area contributed by atoms with Crippen molar-refractivity contribution in [2.45, 2.75) is 283 Å². The molecule has 0 amide bonds. The number of aromatic nitrogens is 2. The van der Waals surface area contributed by atoms with Crippen molar-refractivity contribution in [3.63, 3.8) is 0 Å². The van der Waals surface area contributed by atoms with Crippen LogP contribution in [0.3, 0.4) is 0 Å². The molecule has 0 aliphatic carbocycles. The van der Waals surface area contributed by atoms with Gasteiger partial charge in [-0.05, 0) is 11.5 Å². The summed E-state index contributed by atoms with van der Waals surface area (Å²) in [6, 6.07) is 42.3. The molecule has 0 radical (unpaired) electrons. The molecule has 3 aromatic carbocycles. The number of hydrogen-bond donors (Lipinski definition) is 0. The van der Waals surface area contributed by atoms with Crippen LogP contribution in [0.25, 0.3) is 6.08 Å². The molecule has 5 aromatic rings. The third-order valence-electron chi connectivity index (χ3n) is 8.98. The second kappa shape index (κ2) is 168. The van der Waals surface area contributed by atoms with E-state index >= 15 is 0 Å². The summed E-state index contributed by atoms with van der Waals surface area (Å²) in [5.41, 5.74) is 5.35. The van der Waals surface area contributed by atoms with Gasteiger partial charge in [0.25, 0.3) is 0 Å². The van der Waals surface area contributed by atoms with Gasteiger partial charge in [-0.25, -0.2) is 36.0 Å². The van der Waals surface area contributed by atoms with Crippen LogP contribution in [0.2, 0.25) is 0 Å². The first-order valence-electron chi connectivity index (χ1n) is 39.5. The molecule has 5 rings (SSSR count). The average Bonchev–Trinajstić information content (AvgIpc) is 0.953. The van der Waals surface area contributed by atoms with E-state index in [4.69, 9.17) is 46.3 Å². The van der Waals surface area contributed by atoms with Crippen molar-refractivity contribution in [1.82, 2.24) is 9.97 Å². The average molecular weight is 3130 g/mol. The van der Waals surface area contributed by atoms with E-state index in [1.807, 2.05) is 314 Å². The van der Waals surface area contributed by atoms with Gasteiger partial charge in [-0.3, -0.25) is 6.07 Å². The molecule has 0 saturated heterocycles. The number of allylic oxidation sites excluding steroid dienone is 8. The van der Waals surface area contributed by atoms with Gasteiger partial charge >= 0.3 is 190 Å². The Morgan fingerprint density at radius 1 is 0.393 bits per heavy atom. The number of rotatable bonds is 19. The molecule has 2 aromatic heterocycles. The third kappa shape index (κ3) is 193. The van der Waals surface area contributed by atoms with Gasteiger partial charge in [-0.2, -0.15) is 98.6 Å². The SMILES string of the molecule is CC.CC.CC.CC.CC.CC.CC.CC.CC.CC.CC(C)[C-]=Cc1[c-]cccc1.CC(C)[C-]=Nc1[c-]cccc1.CC(C)[C-]=Nc1[c-]cccn1.CC(C)[C-]=Nc1[c-]nccc1.CC(C)c1ccccc1.[CH-]=CC(=[CH-])C(C)C.[CH-]=CC=[C-]C(C)C.[CH-]=CN=[C-]C(C)C.[CH-]=NC(=[CH-])C(C)C.[CH-]=NC=[C-]C(C)C.[W+2].[W+2].[W+2].[W+2].[W+2].[W+2].[W+2].[W+2].[W+2]. The van der Waals surface area contributed by atoms with Gasteiger partial charge in [0, 0.05) is 0 Å². The zero-order valence-corrected chi connectivity index (χ0v) is 107. The second-order valence-electron chi connectivity index (χ2n) is 21.4. The van der Waals surface area contributed by atoms with Crippen LogP contribution in [0.4, 0.5) is 17.2 Å². The Morgan fingerprint density at radius 3 is 1.02 bits per heavy atom. The van der Waals surface area contributed by atoms with E-state index in [2.05, 4.69) is 173 Å². The number of para-hydroxylation sites is 1. The van der Waals surface area contributed by atoms with Crippen molar-refractivity contribution in [2.24, 2.45) is 83.2 Å². The summed E-state index contributed by atoms with van der Waals surface area (Å²) >= 11 is 0. The van der Waals surface area contributed by atoms with E-state index in [-0.39, 0.29) is 196 Å². The molecule has 8 nitrogen and oxygen atoms in total. The second-order valence-corrected chi connectivity index (χ2v) is 21.4. The van der Waals surface area contributed by atoms with Crippen LogP contribution in [-0.2, 0) is 190 Å². The standard InChI is InChI=1S/C11H12.C10H11N.2C9H10N2.C9H12.2C7H10.3C6H9N.10C2H6.9W/c1-10(2)8-9-11-6-4-3-5-7-11;1-9(2)8-11-10-6-4-3-5-7-10;1-8(2)6-11-9-4-3-5-10-7-9;1-8(2)7-11-9-5-3-4-6-10-9;1-8(2)9-6-4-3-5-7-9;1-5-7(4)6(2)3;1-4-5-6-7(2)3;1-6(2)4-5-7-3;1-5(2)6(3)7-4;1-4-7-5-6(2)3;10*1-2;;;;;;;;;/h3-6,9-10H,1-2H3;3-6,9H,1-2H3;3-5,8H,1-2H3;3-4,6,8H,1-2H3;3-8H,1-2H3;1,4-6H,2-3H3;1,4-5,7H,2-3H3;3,5-6H,1-2H3;3-5H,1-2H3;1,4,6H,2-3H3;10*1-2H3;;;;;;;;;/q4*-2;;5*-2;;;;;;;;;;;9*+2. The molecule has 0 aliphatic rings. The maximum Gasteiger partial charge on any atom is 2.00 e. The molecule has 0 N–H and O–H groups in total. The quantitative estimate of drug-likeness (QED) is 0.0467. The van der Waals surface area contributed by atoms with Crippen LogP contribution in [0.5, 0.6) is 0 Å². The molecule has 0 spiro atoms. The summed E-state index contributed by atoms with van der Waals surface area (Å²) in [5.74, 6) is 4.75. The minimum atomic E-state index is 0. The van der Waals surface area contributed by atoms with Crippen molar-refractivity contribution in [3.05, 3.63) is 244 Å². The van der Waals surface area contributed by atoms with Crippen molar-refractivity contribution < 1.29 is 190 Å². The molecular weight excluding hydrogens is 2970 g/mol. The molecule has 117 heavy (non-hydrogen) atoms. The summed E-state index contributed by atoms with van der Waals surface area (Å²) < 4.78 is 0. The normalized spacial score (nSPS) is 8.50. The summed E-state index contributed by atoms with van der Waals surface area (Å²) in [7, 11) is 0. The summed E-state index contributed by atoms with van der Waals surface area (Å²) in [4.78, 5) is 30.0. The van der Waals surface area contributed by atoms with Gasteiger partial charge in [-0.1, -0.05) is 343 Å². The molecule has 0 bridgehead atoms. The molecule has 0 saturated carbocycles. The van der Waals surface area contributed by atoms with Crippen LogP contribution >= 0.6 is 0 Å². The van der Waals surface area contributed by atoms with Crippen LogP contribution in [0.15, 0.2) is 187 Å². The van der Waals surface area contributed by atoms with Crippen LogP contribution in [-0.4, -0.2) is 48.3 Å². The van der Waals surface area contributed by atoms with Gasteiger partial charge in [0.1, 0.15) is 0 Å². The molecular formula is C100H162N8W9. The Kier molecular flexibility index (Phi) is 260. The van der Waals surface area contributed by atoms with Crippen LogP contribution < -0.4 is 0 Å². The first kappa shape index (κ1) is 181. The van der Waals surface area contributed by atoms with Gasteiger partial charge in [0.15, 0.2) is 0 Å². The molecule has 0 fully saturated rings. The number of benzene rings is 3. The van der Waals surface area contributed by atoms with Gasteiger partial charge in [0.2, 0.25) is 0 Å². The molecule has 0 atom stereocenters. The Bertz CT molecular complexity index is 2390. The van der Waals surface area contributed by atoms with Crippen molar-refractivity contribution in [1.29, 1.82) is 0 Å². The monoisotopic (exact) mass is 3130 g/mol. The smallest absolute Gasteiger partial charge is 0.601 e. The summed E-state index contributed by atoms with van der Waals surface area (Å²) in [5, 5.41) is 0. The number of aliphatic imine (C=N–C) groups is 6. The molecule has 0 unspecified atom stereocenters. The third-order valence-corrected chi connectivity index (χ3v) is 8.98. The van der Waals surface area contributed by atoms with E-state index in [9.17, 15) is 0 Å². The number of hydrogen-bond acceptors (Lipinski definition) is 8. The van der Waals surface area contributed by atoms with Crippen LogP contribution in [0.1, 0.15) is 294 Å². The Labute approximate surface area is 861 Å². The topological polar surface area (TPSA) is 99.9 Å². The fourth-order valence-corrected chi connectivity index (χ4v) is 4.36. The minimum absolute atomic E-state index is 0. The van der Waals surface area contributed by atoms with E-state index in [0.717, 1.165) is 22.5 Å². The van der Waals surface area contributed by atoms with E-state index in [0.29, 0.717) is 64.8 Å². The molecule has 17 heteroatoms. The van der Waals surface area contributed by atoms with Crippen LogP contribution in [0, 0.1) is 129 Å². The maximum absolute atomic E-state index is 5.35. The maximum atomic E-state index is 5.35. The fraction of sp³-hybridized carbons (Fsp3) is 0.500. The zero-order chi connectivity index (χ0) is 87.9. The van der Waals surface area contributed by atoms with Gasteiger partial charge < -0.3 is 151 Å². The first-order chi connectivity index (χ1) is 51.6. The molecule has 656 valence electrons. The summed E-state index contributed by atoms with van der Waals surface area (Å²) in [6.07, 6.45) is 36.0. The summed E-state index contributed by atoms with van der Waals surface area (Å²) in [6.45, 7) is 116. The Balaban J connectivity index is -0.0000000363. The predicted octanol–water partition coefficient (Wildman–Crippen LogP) is 31.6. The Hall–Kier alpha value is -1.91. The van der Waals surface area contributed by atoms with E-state index in [1.165, 1.54) is 30.1 Å². The van der Waals surface area contributed by atoms with Gasteiger partial charge in [0.05, 0.1) is 0 Å².